The summed E-state index contributed by atoms with van der Waals surface area (Å²) in [5.74, 6) is 0.125. The third-order valence-electron chi connectivity index (χ3n) is 1.66. The van der Waals surface area contributed by atoms with Crippen molar-refractivity contribution in [2.45, 2.75) is 19.2 Å². The first-order valence-corrected chi connectivity index (χ1v) is 4.32. The van der Waals surface area contributed by atoms with Crippen molar-refractivity contribution in [3.8, 4) is 0 Å². The monoisotopic (exact) mass is 215 g/mol. The number of aliphatic hydroxyl groups is 1. The van der Waals surface area contributed by atoms with Gasteiger partial charge in [-0.15, -0.1) is 0 Å². The van der Waals surface area contributed by atoms with E-state index in [1.807, 2.05) is 6.92 Å². The smallest absolute Gasteiger partial charge is 0.384 e. The van der Waals surface area contributed by atoms with E-state index in [1.165, 1.54) is 7.11 Å². The first-order valence-electron chi connectivity index (χ1n) is 4.32. The van der Waals surface area contributed by atoms with E-state index in [-0.39, 0.29) is 5.92 Å². The number of methoxy groups -OCH3 is 1. The van der Waals surface area contributed by atoms with Crippen LogP contribution >= 0.6 is 0 Å². The van der Waals surface area contributed by atoms with E-state index in [4.69, 9.17) is 9.84 Å². The number of hydrogen-bond acceptors (Lipinski definition) is 3. The molecule has 2 unspecified atom stereocenters. The van der Waals surface area contributed by atoms with Crippen LogP contribution in [0.5, 0.6) is 0 Å². The number of hydrogen-bond donors (Lipinski definition) is 2. The fourth-order valence-electron chi connectivity index (χ4n) is 0.926. The highest BCUT2D eigenvalue weighted by molar-refractivity contribution is 4.68. The molecular weight excluding hydrogens is 199 g/mol. The van der Waals surface area contributed by atoms with Crippen LogP contribution in [-0.4, -0.2) is 44.2 Å². The van der Waals surface area contributed by atoms with Gasteiger partial charge in [0.15, 0.2) is 6.10 Å². The highest BCUT2D eigenvalue weighted by Gasteiger charge is 2.37. The van der Waals surface area contributed by atoms with Gasteiger partial charge in [-0.25, -0.2) is 0 Å². The van der Waals surface area contributed by atoms with Crippen LogP contribution in [-0.2, 0) is 4.74 Å². The van der Waals surface area contributed by atoms with Crippen LogP contribution in [0.2, 0.25) is 0 Å². The van der Waals surface area contributed by atoms with Crippen LogP contribution < -0.4 is 5.32 Å². The molecule has 0 aliphatic rings. The molecule has 6 heteroatoms. The molecule has 0 saturated carbocycles. The highest BCUT2D eigenvalue weighted by atomic mass is 19.4. The van der Waals surface area contributed by atoms with E-state index >= 15 is 0 Å². The Balaban J connectivity index is 3.54. The number of rotatable bonds is 6. The van der Waals surface area contributed by atoms with Crippen molar-refractivity contribution < 1.29 is 23.0 Å². The summed E-state index contributed by atoms with van der Waals surface area (Å²) < 4.78 is 40.2. The summed E-state index contributed by atoms with van der Waals surface area (Å²) in [5.41, 5.74) is 0. The van der Waals surface area contributed by atoms with Crippen LogP contribution in [0.3, 0.4) is 0 Å². The van der Waals surface area contributed by atoms with E-state index in [1.54, 1.807) is 0 Å². The lowest BCUT2D eigenvalue weighted by Crippen LogP contribution is -2.40. The van der Waals surface area contributed by atoms with Crippen LogP contribution in [0.1, 0.15) is 6.92 Å². The quantitative estimate of drug-likeness (QED) is 0.688. The Morgan fingerprint density at radius 3 is 2.36 bits per heavy atom. The van der Waals surface area contributed by atoms with Gasteiger partial charge in [-0.3, -0.25) is 0 Å². The number of halogens is 3. The van der Waals surface area contributed by atoms with Gasteiger partial charge in [0.2, 0.25) is 0 Å². The van der Waals surface area contributed by atoms with E-state index < -0.39 is 18.8 Å². The third-order valence-corrected chi connectivity index (χ3v) is 1.66. The Morgan fingerprint density at radius 1 is 1.36 bits per heavy atom. The lowest BCUT2D eigenvalue weighted by Gasteiger charge is -2.16. The predicted octanol–water partition coefficient (Wildman–Crippen LogP) is 0.782. The second kappa shape index (κ2) is 6.21. The zero-order valence-electron chi connectivity index (χ0n) is 8.27. The van der Waals surface area contributed by atoms with Gasteiger partial charge >= 0.3 is 6.18 Å². The number of aliphatic hydroxyl groups excluding tert-OH is 1. The van der Waals surface area contributed by atoms with Crippen LogP contribution in [0.25, 0.3) is 0 Å². The molecule has 14 heavy (non-hydrogen) atoms. The molecule has 0 fully saturated rings. The summed E-state index contributed by atoms with van der Waals surface area (Å²) in [4.78, 5) is 0. The van der Waals surface area contributed by atoms with Crippen molar-refractivity contribution in [1.82, 2.24) is 5.32 Å². The Bertz CT molecular complexity index is 152. The van der Waals surface area contributed by atoms with Crippen molar-refractivity contribution in [1.29, 1.82) is 0 Å². The Morgan fingerprint density at radius 2 is 1.93 bits per heavy atom. The molecule has 2 N–H and O–H groups in total. The lowest BCUT2D eigenvalue weighted by molar-refractivity contribution is -0.201. The molecule has 0 spiro atoms. The molecule has 0 aromatic heterocycles. The van der Waals surface area contributed by atoms with E-state index in [2.05, 4.69) is 5.32 Å². The largest absolute Gasteiger partial charge is 0.415 e. The standard InChI is InChI=1S/C8H16F3NO2/c1-6(5-14-2)3-12-4-7(13)8(9,10)11/h6-7,12-13H,3-5H2,1-2H3. The zero-order chi connectivity index (χ0) is 11.2. The van der Waals surface area contributed by atoms with Gasteiger partial charge in [-0.05, 0) is 12.5 Å². The zero-order valence-corrected chi connectivity index (χ0v) is 8.27. The van der Waals surface area contributed by atoms with Gasteiger partial charge in [-0.1, -0.05) is 6.92 Å². The SMILES string of the molecule is COCC(C)CNCC(O)C(F)(F)F. The number of nitrogens with one attached hydrogen (secondary N) is 1. The molecule has 0 rings (SSSR count). The van der Waals surface area contributed by atoms with Crippen LogP contribution in [0.15, 0.2) is 0 Å². The van der Waals surface area contributed by atoms with Gasteiger partial charge in [-0.2, -0.15) is 13.2 Å². The third kappa shape index (κ3) is 6.17. The molecule has 0 aliphatic heterocycles. The minimum absolute atomic E-state index is 0.125. The Hall–Kier alpha value is -0.330. The topological polar surface area (TPSA) is 41.5 Å². The number of alkyl halides is 3. The minimum Gasteiger partial charge on any atom is -0.384 e. The lowest BCUT2D eigenvalue weighted by atomic mass is 10.2. The second-order valence-electron chi connectivity index (χ2n) is 3.28. The maximum Gasteiger partial charge on any atom is 0.415 e. The molecule has 0 amide bonds. The molecule has 0 saturated heterocycles. The van der Waals surface area contributed by atoms with Crippen LogP contribution in [0.4, 0.5) is 13.2 Å². The molecule has 0 bridgehead atoms. The van der Waals surface area contributed by atoms with Crippen LogP contribution in [0, 0.1) is 5.92 Å². The van der Waals surface area contributed by atoms with Gasteiger partial charge in [0.1, 0.15) is 0 Å². The maximum atomic E-state index is 11.8. The molecule has 86 valence electrons. The van der Waals surface area contributed by atoms with Crippen molar-refractivity contribution in [3.05, 3.63) is 0 Å². The maximum absolute atomic E-state index is 11.8. The molecule has 0 heterocycles. The molecule has 2 atom stereocenters. The van der Waals surface area contributed by atoms with Gasteiger partial charge in [0.25, 0.3) is 0 Å². The second-order valence-corrected chi connectivity index (χ2v) is 3.28. The van der Waals surface area contributed by atoms with Crippen molar-refractivity contribution >= 4 is 0 Å². The van der Waals surface area contributed by atoms with E-state index in [0.29, 0.717) is 13.2 Å². The van der Waals surface area contributed by atoms with Crippen molar-refractivity contribution in [3.63, 3.8) is 0 Å². The summed E-state index contributed by atoms with van der Waals surface area (Å²) in [7, 11) is 1.53. The Labute approximate surface area is 81.2 Å². The summed E-state index contributed by atoms with van der Waals surface area (Å²) in [6.07, 6.45) is -6.84. The average molecular weight is 215 g/mol. The fourth-order valence-corrected chi connectivity index (χ4v) is 0.926. The normalized spacial score (nSPS) is 16.7. The van der Waals surface area contributed by atoms with Gasteiger partial charge < -0.3 is 15.2 Å². The minimum atomic E-state index is -4.54. The van der Waals surface area contributed by atoms with Gasteiger partial charge in [0.05, 0.1) is 0 Å². The predicted molar refractivity (Wildman–Crippen MR) is 46.0 cm³/mol. The molecule has 3 nitrogen and oxygen atoms in total. The number of ether oxygens (including phenoxy) is 1. The molecule has 0 radical (unpaired) electrons. The van der Waals surface area contributed by atoms with E-state index in [0.717, 1.165) is 0 Å². The summed E-state index contributed by atoms with van der Waals surface area (Å²) in [5, 5.41) is 11.1. The summed E-state index contributed by atoms with van der Waals surface area (Å²) in [6, 6.07) is 0. The molecule has 0 aliphatic carbocycles. The van der Waals surface area contributed by atoms with Crippen molar-refractivity contribution in [2.75, 3.05) is 26.8 Å². The molecular formula is C8H16F3NO2. The first-order chi connectivity index (χ1) is 6.38. The first kappa shape index (κ1) is 13.7. The van der Waals surface area contributed by atoms with Gasteiger partial charge in [0, 0.05) is 20.3 Å². The van der Waals surface area contributed by atoms with E-state index in [9.17, 15) is 13.2 Å². The van der Waals surface area contributed by atoms with Crippen molar-refractivity contribution in [2.24, 2.45) is 5.92 Å². The highest BCUT2D eigenvalue weighted by Crippen LogP contribution is 2.19. The summed E-state index contributed by atoms with van der Waals surface area (Å²) in [6.45, 7) is 2.24. The average Bonchev–Trinajstić information content (AvgIpc) is 2.02. The molecule has 0 aromatic carbocycles. The molecule has 0 aromatic rings. The summed E-state index contributed by atoms with van der Waals surface area (Å²) >= 11 is 0. The fraction of sp³-hybridized carbons (Fsp3) is 1.00. The Kier molecular flexibility index (Phi) is 6.06.